The Morgan fingerprint density at radius 2 is 2.27 bits per heavy atom. The zero-order valence-electron chi connectivity index (χ0n) is 16.0. The van der Waals surface area contributed by atoms with Gasteiger partial charge in [-0.1, -0.05) is 18.6 Å². The minimum Gasteiger partial charge on any atom is -0.493 e. The molecule has 1 heterocycles. The molecule has 1 aliphatic heterocycles. The molecule has 2 atom stereocenters. The lowest BCUT2D eigenvalue weighted by Gasteiger charge is -2.61. The number of ether oxygens (including phenoxy) is 2. The van der Waals surface area contributed by atoms with Crippen LogP contribution in [0.3, 0.4) is 0 Å². The summed E-state index contributed by atoms with van der Waals surface area (Å²) in [7, 11) is 1.86. The van der Waals surface area contributed by atoms with Crippen molar-refractivity contribution in [1.82, 2.24) is 10.6 Å². The Morgan fingerprint density at radius 1 is 1.38 bits per heavy atom. The molecular weight excluding hydrogens is 326 g/mol. The maximum atomic E-state index is 5.95. The standard InChI is InChI=1S/C21H31N3O2/c1-3-25-19-14-18(21(19)9-4-10-21)24-20(22-2)23-11-7-15-5-6-17-16(13-15)8-12-26-17/h5-6,13,18-19H,3-4,7-12,14H2,1-2H3,(H2,22,23,24). The van der Waals surface area contributed by atoms with Crippen molar-refractivity contribution in [1.29, 1.82) is 0 Å². The molecular formula is C21H31N3O2. The fourth-order valence-electron chi connectivity index (χ4n) is 4.72. The van der Waals surface area contributed by atoms with Crippen LogP contribution < -0.4 is 15.4 Å². The minimum absolute atomic E-state index is 0.355. The lowest BCUT2D eigenvalue weighted by molar-refractivity contribution is -0.168. The summed E-state index contributed by atoms with van der Waals surface area (Å²) in [5.41, 5.74) is 3.05. The Hall–Kier alpha value is -1.75. The van der Waals surface area contributed by atoms with Gasteiger partial charge in [0.05, 0.1) is 12.7 Å². The Morgan fingerprint density at radius 3 is 3.00 bits per heavy atom. The molecule has 142 valence electrons. The predicted octanol–water partition coefficient (Wildman–Crippen LogP) is 2.68. The summed E-state index contributed by atoms with van der Waals surface area (Å²) in [6.07, 6.45) is 7.45. The largest absolute Gasteiger partial charge is 0.493 e. The van der Waals surface area contributed by atoms with Crippen LogP contribution in [0.2, 0.25) is 0 Å². The lowest BCUT2D eigenvalue weighted by atomic mass is 9.51. The molecule has 1 aromatic carbocycles. The molecule has 1 spiro atoms. The van der Waals surface area contributed by atoms with Crippen molar-refractivity contribution in [2.24, 2.45) is 10.4 Å². The summed E-state index contributed by atoms with van der Waals surface area (Å²) in [6, 6.07) is 7.05. The van der Waals surface area contributed by atoms with Gasteiger partial charge in [0.15, 0.2) is 5.96 Å². The number of guanidine groups is 1. The van der Waals surface area contributed by atoms with Gasteiger partial charge in [0.1, 0.15) is 5.75 Å². The topological polar surface area (TPSA) is 54.9 Å². The maximum Gasteiger partial charge on any atom is 0.191 e. The molecule has 2 saturated carbocycles. The van der Waals surface area contributed by atoms with E-state index in [0.29, 0.717) is 17.6 Å². The molecule has 0 amide bonds. The van der Waals surface area contributed by atoms with Crippen molar-refractivity contribution >= 4 is 5.96 Å². The van der Waals surface area contributed by atoms with Crippen molar-refractivity contribution in [3.05, 3.63) is 29.3 Å². The van der Waals surface area contributed by atoms with E-state index >= 15 is 0 Å². The van der Waals surface area contributed by atoms with Crippen molar-refractivity contribution in [3.8, 4) is 5.75 Å². The van der Waals surface area contributed by atoms with Crippen LogP contribution in [0.1, 0.15) is 43.7 Å². The van der Waals surface area contributed by atoms with Crippen LogP contribution in [0.25, 0.3) is 0 Å². The van der Waals surface area contributed by atoms with Crippen molar-refractivity contribution in [2.75, 3.05) is 26.8 Å². The number of hydrogen-bond acceptors (Lipinski definition) is 3. The third-order valence-electron chi connectivity index (χ3n) is 6.43. The molecule has 1 aromatic rings. The van der Waals surface area contributed by atoms with Gasteiger partial charge in [-0.25, -0.2) is 0 Å². The summed E-state index contributed by atoms with van der Waals surface area (Å²) in [6.45, 7) is 4.62. The molecule has 2 fully saturated rings. The molecule has 4 rings (SSSR count). The van der Waals surface area contributed by atoms with E-state index in [2.05, 4.69) is 40.7 Å². The van der Waals surface area contributed by atoms with E-state index in [-0.39, 0.29) is 0 Å². The number of nitrogens with one attached hydrogen (secondary N) is 2. The van der Waals surface area contributed by atoms with Gasteiger partial charge in [-0.2, -0.15) is 0 Å². The van der Waals surface area contributed by atoms with Crippen LogP contribution in [-0.2, 0) is 17.6 Å². The van der Waals surface area contributed by atoms with Crippen LogP contribution in [0.15, 0.2) is 23.2 Å². The van der Waals surface area contributed by atoms with Crippen LogP contribution in [0, 0.1) is 5.41 Å². The number of fused-ring (bicyclic) bond motifs is 1. The monoisotopic (exact) mass is 357 g/mol. The Kier molecular flexibility index (Phi) is 5.07. The molecule has 5 heteroatoms. The maximum absolute atomic E-state index is 5.95. The van der Waals surface area contributed by atoms with Gasteiger partial charge < -0.3 is 20.1 Å². The van der Waals surface area contributed by atoms with Crippen LogP contribution >= 0.6 is 0 Å². The second-order valence-electron chi connectivity index (χ2n) is 7.75. The SMILES string of the molecule is CCOC1CC(NC(=NC)NCCc2ccc3c(c2)CCO3)C12CCC2. The van der Waals surface area contributed by atoms with Gasteiger partial charge >= 0.3 is 0 Å². The first kappa shape index (κ1) is 17.7. The Bertz CT molecular complexity index is 669. The van der Waals surface area contributed by atoms with E-state index in [1.807, 2.05) is 7.05 Å². The van der Waals surface area contributed by atoms with Crippen LogP contribution in [0.4, 0.5) is 0 Å². The minimum atomic E-state index is 0.355. The third-order valence-corrected chi connectivity index (χ3v) is 6.43. The molecule has 3 aliphatic rings. The quantitative estimate of drug-likeness (QED) is 0.607. The fraction of sp³-hybridized carbons (Fsp3) is 0.667. The summed E-state index contributed by atoms with van der Waals surface area (Å²) in [5, 5.41) is 7.14. The summed E-state index contributed by atoms with van der Waals surface area (Å²) >= 11 is 0. The molecule has 2 aliphatic carbocycles. The van der Waals surface area contributed by atoms with E-state index in [0.717, 1.165) is 50.7 Å². The molecule has 2 N–H and O–H groups in total. The molecule has 2 unspecified atom stereocenters. The first-order valence-corrected chi connectivity index (χ1v) is 10.1. The second-order valence-corrected chi connectivity index (χ2v) is 7.75. The fourth-order valence-corrected chi connectivity index (χ4v) is 4.72. The number of benzene rings is 1. The zero-order valence-corrected chi connectivity index (χ0v) is 16.0. The van der Waals surface area contributed by atoms with Gasteiger partial charge in [-0.05, 0) is 49.8 Å². The van der Waals surface area contributed by atoms with E-state index in [4.69, 9.17) is 9.47 Å². The number of rotatable bonds is 6. The molecule has 26 heavy (non-hydrogen) atoms. The van der Waals surface area contributed by atoms with Crippen molar-refractivity contribution < 1.29 is 9.47 Å². The van der Waals surface area contributed by atoms with E-state index in [9.17, 15) is 0 Å². The third kappa shape index (κ3) is 3.18. The molecule has 5 nitrogen and oxygen atoms in total. The highest BCUT2D eigenvalue weighted by molar-refractivity contribution is 5.80. The number of aliphatic imine (C=N–C) groups is 1. The molecule has 0 saturated heterocycles. The van der Waals surface area contributed by atoms with E-state index in [1.54, 1.807) is 0 Å². The van der Waals surface area contributed by atoms with Gasteiger partial charge in [-0.3, -0.25) is 4.99 Å². The van der Waals surface area contributed by atoms with Crippen LogP contribution in [-0.4, -0.2) is 44.9 Å². The Balaban J connectivity index is 1.26. The lowest BCUT2D eigenvalue weighted by Crippen LogP contribution is -2.68. The molecule has 0 radical (unpaired) electrons. The first-order chi connectivity index (χ1) is 12.7. The van der Waals surface area contributed by atoms with E-state index < -0.39 is 0 Å². The van der Waals surface area contributed by atoms with Crippen LogP contribution in [0.5, 0.6) is 5.75 Å². The second kappa shape index (κ2) is 7.47. The summed E-state index contributed by atoms with van der Waals surface area (Å²) in [5.74, 6) is 1.97. The first-order valence-electron chi connectivity index (χ1n) is 10.1. The summed E-state index contributed by atoms with van der Waals surface area (Å²) in [4.78, 5) is 4.43. The van der Waals surface area contributed by atoms with E-state index in [1.165, 1.54) is 30.4 Å². The van der Waals surface area contributed by atoms with Gasteiger partial charge in [-0.15, -0.1) is 0 Å². The highest BCUT2D eigenvalue weighted by Crippen LogP contribution is 2.57. The van der Waals surface area contributed by atoms with Gasteiger partial charge in [0.2, 0.25) is 0 Å². The smallest absolute Gasteiger partial charge is 0.191 e. The highest BCUT2D eigenvalue weighted by atomic mass is 16.5. The van der Waals surface area contributed by atoms with Gasteiger partial charge in [0.25, 0.3) is 0 Å². The van der Waals surface area contributed by atoms with Crippen molar-refractivity contribution in [2.45, 2.75) is 57.6 Å². The predicted molar refractivity (Wildman–Crippen MR) is 104 cm³/mol. The normalized spacial score (nSPS) is 25.8. The Labute approximate surface area is 156 Å². The zero-order chi connectivity index (χ0) is 18.0. The average Bonchev–Trinajstić information content (AvgIpc) is 3.05. The average molecular weight is 357 g/mol. The summed E-state index contributed by atoms with van der Waals surface area (Å²) < 4.78 is 11.5. The highest BCUT2D eigenvalue weighted by Gasteiger charge is 2.59. The van der Waals surface area contributed by atoms with Crippen molar-refractivity contribution in [3.63, 3.8) is 0 Å². The number of nitrogens with zero attached hydrogens (tertiary/aromatic N) is 1. The number of hydrogen-bond donors (Lipinski definition) is 2. The van der Waals surface area contributed by atoms with Gasteiger partial charge in [0, 0.05) is 38.1 Å². The molecule has 0 bridgehead atoms. The molecule has 0 aromatic heterocycles.